The molecule has 3 saturated heterocycles. The quantitative estimate of drug-likeness (QED) is 0.654. The van der Waals surface area contributed by atoms with Crippen molar-refractivity contribution in [2.45, 2.75) is 18.9 Å². The highest BCUT2D eigenvalue weighted by atomic mass is 35.5. The minimum atomic E-state index is -0.207. The molecule has 146 valence electrons. The molecule has 3 aliphatic rings. The van der Waals surface area contributed by atoms with Crippen LogP contribution >= 0.6 is 24.8 Å². The average Bonchev–Trinajstić information content (AvgIpc) is 3.16. The van der Waals surface area contributed by atoms with Gasteiger partial charge in [0.25, 0.3) is 5.91 Å². The number of halogens is 2. The monoisotopic (exact) mass is 406 g/mol. The Balaban J connectivity index is 0.00000113. The van der Waals surface area contributed by atoms with Gasteiger partial charge in [-0.05, 0) is 18.9 Å². The van der Waals surface area contributed by atoms with Gasteiger partial charge in [-0.25, -0.2) is 19.7 Å². The Morgan fingerprint density at radius 2 is 1.65 bits per heavy atom. The topological polar surface area (TPSA) is 104 Å². The van der Waals surface area contributed by atoms with E-state index >= 15 is 0 Å². The molecule has 3 aliphatic heterocycles. The number of urea groups is 1. The number of imide groups is 1. The molecule has 11 heteroatoms. The first-order chi connectivity index (χ1) is 11.2. The third kappa shape index (κ3) is 4.01. The lowest BCUT2D eigenvalue weighted by atomic mass is 10.2. The molecule has 0 bridgehead atoms. The summed E-state index contributed by atoms with van der Waals surface area (Å²) in [5.74, 6) is 0.711. The molecule has 26 heavy (non-hydrogen) atoms. The second kappa shape index (κ2) is 9.31. The maximum atomic E-state index is 12.4. The minimum Gasteiger partial charge on any atom is -0.412 e. The predicted molar refractivity (Wildman–Crippen MR) is 101 cm³/mol. The lowest BCUT2D eigenvalue weighted by molar-refractivity contribution is -0.129. The number of carbonyl (C=O) groups is 2. The molecule has 0 spiro atoms. The maximum absolute atomic E-state index is 12.4. The van der Waals surface area contributed by atoms with Crippen molar-refractivity contribution in [3.8, 4) is 0 Å². The third-order valence-electron chi connectivity index (χ3n) is 4.83. The molecule has 4 heterocycles. The van der Waals surface area contributed by atoms with Crippen molar-refractivity contribution in [3.63, 3.8) is 0 Å². The van der Waals surface area contributed by atoms with Crippen LogP contribution in [0.25, 0.3) is 0 Å². The summed E-state index contributed by atoms with van der Waals surface area (Å²) < 4.78 is 0. The van der Waals surface area contributed by atoms with E-state index in [0.717, 1.165) is 45.0 Å². The van der Waals surface area contributed by atoms with Crippen LogP contribution in [0, 0.1) is 0 Å². The summed E-state index contributed by atoms with van der Waals surface area (Å²) in [5, 5.41) is 0. The number of nitrogens with zero attached hydrogens (tertiary/aromatic N) is 6. The largest absolute Gasteiger partial charge is 0.412 e. The Bertz CT molecular complexity index is 593. The number of aromatic nitrogens is 2. The summed E-state index contributed by atoms with van der Waals surface area (Å²) in [7, 11) is 0. The zero-order chi connectivity index (χ0) is 15.8. The SMILES string of the molecule is Cl.Cl.O.O=C1C2CCCN2C(=O)N1CN1CCN(c2ncccn2)CC1. The van der Waals surface area contributed by atoms with E-state index in [-0.39, 0.29) is 48.3 Å². The van der Waals surface area contributed by atoms with Crippen LogP contribution in [0.15, 0.2) is 18.5 Å². The molecule has 0 aromatic carbocycles. The van der Waals surface area contributed by atoms with Gasteiger partial charge >= 0.3 is 6.03 Å². The van der Waals surface area contributed by atoms with Gasteiger partial charge in [-0.15, -0.1) is 24.8 Å². The standard InChI is InChI=1S/C15H20N6O2.2ClH.H2O/c22-13-12-3-1-6-20(12)15(23)21(13)11-18-7-9-19(10-8-18)14-16-4-2-5-17-14;;;/h2,4-5,12H,1,3,6-11H2;2*1H;1H2. The fourth-order valence-electron chi connectivity index (χ4n) is 3.56. The molecule has 2 N–H and O–H groups in total. The van der Waals surface area contributed by atoms with E-state index in [0.29, 0.717) is 13.2 Å². The van der Waals surface area contributed by atoms with Crippen LogP contribution in [0.3, 0.4) is 0 Å². The van der Waals surface area contributed by atoms with Crippen LogP contribution in [-0.4, -0.2) is 87.5 Å². The van der Waals surface area contributed by atoms with Crippen LogP contribution in [-0.2, 0) is 4.79 Å². The molecule has 0 saturated carbocycles. The number of hydrogen-bond acceptors (Lipinski definition) is 6. The molecule has 1 aromatic rings. The number of anilines is 1. The summed E-state index contributed by atoms with van der Waals surface area (Å²) in [4.78, 5) is 40.6. The van der Waals surface area contributed by atoms with Crippen LogP contribution in [0.2, 0.25) is 0 Å². The molecule has 1 atom stereocenters. The van der Waals surface area contributed by atoms with Crippen LogP contribution < -0.4 is 4.90 Å². The first-order valence-corrected chi connectivity index (χ1v) is 8.10. The van der Waals surface area contributed by atoms with E-state index in [1.54, 1.807) is 23.4 Å². The molecule has 0 radical (unpaired) electrons. The normalized spacial score (nSPS) is 22.5. The van der Waals surface area contributed by atoms with Crippen molar-refractivity contribution in [1.29, 1.82) is 0 Å². The lowest BCUT2D eigenvalue weighted by Gasteiger charge is -2.35. The first-order valence-electron chi connectivity index (χ1n) is 8.10. The highest BCUT2D eigenvalue weighted by Gasteiger charge is 2.47. The van der Waals surface area contributed by atoms with E-state index in [1.807, 2.05) is 0 Å². The van der Waals surface area contributed by atoms with E-state index in [4.69, 9.17) is 0 Å². The van der Waals surface area contributed by atoms with Crippen molar-refractivity contribution in [1.82, 2.24) is 24.7 Å². The van der Waals surface area contributed by atoms with Crippen LogP contribution in [0.1, 0.15) is 12.8 Å². The smallest absolute Gasteiger partial charge is 0.328 e. The minimum absolute atomic E-state index is 0. The van der Waals surface area contributed by atoms with Crippen LogP contribution in [0.4, 0.5) is 10.7 Å². The van der Waals surface area contributed by atoms with E-state index in [9.17, 15) is 9.59 Å². The molecule has 1 unspecified atom stereocenters. The number of rotatable bonds is 3. The maximum Gasteiger partial charge on any atom is 0.328 e. The van der Waals surface area contributed by atoms with E-state index in [1.165, 1.54) is 4.90 Å². The van der Waals surface area contributed by atoms with Crippen molar-refractivity contribution < 1.29 is 15.1 Å². The molecular weight excluding hydrogens is 383 g/mol. The lowest BCUT2D eigenvalue weighted by Crippen LogP contribution is -2.51. The Labute approximate surface area is 164 Å². The first kappa shape index (κ1) is 22.4. The van der Waals surface area contributed by atoms with E-state index < -0.39 is 0 Å². The van der Waals surface area contributed by atoms with Crippen molar-refractivity contribution in [3.05, 3.63) is 18.5 Å². The summed E-state index contributed by atoms with van der Waals surface area (Å²) >= 11 is 0. The van der Waals surface area contributed by atoms with Gasteiger partial charge in [-0.3, -0.25) is 9.69 Å². The number of hydrogen-bond donors (Lipinski definition) is 0. The Morgan fingerprint density at radius 3 is 2.27 bits per heavy atom. The zero-order valence-electron chi connectivity index (χ0n) is 14.3. The van der Waals surface area contributed by atoms with Gasteiger partial charge in [-0.2, -0.15) is 0 Å². The number of amides is 3. The van der Waals surface area contributed by atoms with Gasteiger partial charge in [-0.1, -0.05) is 0 Å². The summed E-state index contributed by atoms with van der Waals surface area (Å²) in [6.07, 6.45) is 5.22. The Kier molecular flexibility index (Phi) is 8.01. The van der Waals surface area contributed by atoms with Crippen LogP contribution in [0.5, 0.6) is 0 Å². The van der Waals surface area contributed by atoms with Gasteiger partial charge in [0.15, 0.2) is 0 Å². The fourth-order valence-corrected chi connectivity index (χ4v) is 3.56. The van der Waals surface area contributed by atoms with Gasteiger partial charge in [0.05, 0.1) is 6.67 Å². The second-order valence-electron chi connectivity index (χ2n) is 6.20. The van der Waals surface area contributed by atoms with Crippen molar-refractivity contribution in [2.75, 3.05) is 44.3 Å². The zero-order valence-corrected chi connectivity index (χ0v) is 15.9. The van der Waals surface area contributed by atoms with Crippen molar-refractivity contribution in [2.24, 2.45) is 0 Å². The highest BCUT2D eigenvalue weighted by molar-refractivity contribution is 6.04. The second-order valence-corrected chi connectivity index (χ2v) is 6.20. The predicted octanol–water partition coefficient (Wildman–Crippen LogP) is 0.00160. The molecule has 0 aliphatic carbocycles. The number of piperazine rings is 1. The van der Waals surface area contributed by atoms with Gasteiger partial charge in [0.2, 0.25) is 5.95 Å². The molecule has 4 rings (SSSR count). The van der Waals surface area contributed by atoms with Gasteiger partial charge in [0, 0.05) is 45.1 Å². The molecule has 9 nitrogen and oxygen atoms in total. The van der Waals surface area contributed by atoms with Crippen molar-refractivity contribution >= 4 is 42.7 Å². The fraction of sp³-hybridized carbons (Fsp3) is 0.600. The number of carbonyl (C=O) groups excluding carboxylic acids is 2. The molecule has 3 fully saturated rings. The molecule has 3 amide bonds. The number of fused-ring (bicyclic) bond motifs is 1. The summed E-state index contributed by atoms with van der Waals surface area (Å²) in [5.41, 5.74) is 0. The molecule has 1 aromatic heterocycles. The highest BCUT2D eigenvalue weighted by Crippen LogP contribution is 2.27. The Hall–Kier alpha value is -1.68. The average molecular weight is 407 g/mol. The molecular formula is C15H24Cl2N6O3. The summed E-state index contributed by atoms with van der Waals surface area (Å²) in [6, 6.07) is 1.48. The van der Waals surface area contributed by atoms with Gasteiger partial charge in [0.1, 0.15) is 6.04 Å². The summed E-state index contributed by atoms with van der Waals surface area (Å²) in [6.45, 7) is 4.29. The Morgan fingerprint density at radius 1 is 1.00 bits per heavy atom. The third-order valence-corrected chi connectivity index (χ3v) is 4.83. The van der Waals surface area contributed by atoms with E-state index in [2.05, 4.69) is 19.8 Å². The van der Waals surface area contributed by atoms with Gasteiger partial charge < -0.3 is 15.3 Å².